The van der Waals surface area contributed by atoms with Crippen molar-refractivity contribution in [2.75, 3.05) is 13.6 Å². The van der Waals surface area contributed by atoms with Gasteiger partial charge >= 0.3 is 0 Å². The molecule has 3 aromatic carbocycles. The molecular formula is C20H22ClNO2. The minimum absolute atomic E-state index is 0. The van der Waals surface area contributed by atoms with Crippen molar-refractivity contribution in [3.05, 3.63) is 78.4 Å². The normalized spacial score (nSPS) is 13.1. The van der Waals surface area contributed by atoms with Crippen molar-refractivity contribution < 1.29 is 9.84 Å². The van der Waals surface area contributed by atoms with Gasteiger partial charge in [0.15, 0.2) is 6.10 Å². The van der Waals surface area contributed by atoms with Crippen LogP contribution in [0, 0.1) is 0 Å². The van der Waals surface area contributed by atoms with Crippen LogP contribution in [-0.4, -0.2) is 24.8 Å². The molecule has 0 aliphatic heterocycles. The Balaban J connectivity index is 0.00000208. The first-order valence-electron chi connectivity index (χ1n) is 7.81. The first-order valence-corrected chi connectivity index (χ1v) is 7.81. The largest absolute Gasteiger partial charge is 0.482 e. The lowest BCUT2D eigenvalue weighted by molar-refractivity contribution is 0.0379. The Kier molecular flexibility index (Phi) is 6.62. The topological polar surface area (TPSA) is 41.5 Å². The summed E-state index contributed by atoms with van der Waals surface area (Å²) in [5.41, 5.74) is 0.961. The van der Waals surface area contributed by atoms with E-state index in [1.807, 2.05) is 67.7 Å². The minimum Gasteiger partial charge on any atom is -0.482 e. The van der Waals surface area contributed by atoms with E-state index >= 15 is 0 Å². The number of benzene rings is 3. The molecule has 3 rings (SSSR count). The van der Waals surface area contributed by atoms with Crippen LogP contribution < -0.4 is 10.1 Å². The molecule has 126 valence electrons. The third-order valence-electron chi connectivity index (χ3n) is 3.89. The van der Waals surface area contributed by atoms with E-state index in [-0.39, 0.29) is 12.4 Å². The smallest absolute Gasteiger partial charge is 0.151 e. The zero-order valence-electron chi connectivity index (χ0n) is 13.6. The fourth-order valence-electron chi connectivity index (χ4n) is 2.76. The van der Waals surface area contributed by atoms with Gasteiger partial charge in [0.2, 0.25) is 0 Å². The quantitative estimate of drug-likeness (QED) is 0.711. The van der Waals surface area contributed by atoms with Crippen LogP contribution in [0.3, 0.4) is 0 Å². The summed E-state index contributed by atoms with van der Waals surface area (Å²) in [6, 6.07) is 23.9. The number of ether oxygens (including phenoxy) is 1. The summed E-state index contributed by atoms with van der Waals surface area (Å²) in [5.74, 6) is 0.784. The minimum atomic E-state index is -0.638. The second kappa shape index (κ2) is 8.69. The van der Waals surface area contributed by atoms with Crippen LogP contribution in [0.1, 0.15) is 11.7 Å². The molecule has 3 nitrogen and oxygen atoms in total. The predicted molar refractivity (Wildman–Crippen MR) is 101 cm³/mol. The summed E-state index contributed by atoms with van der Waals surface area (Å²) >= 11 is 0. The lowest BCUT2D eigenvalue weighted by atomic mass is 10.0. The van der Waals surface area contributed by atoms with Crippen molar-refractivity contribution in [3.63, 3.8) is 0 Å². The molecule has 0 aliphatic rings. The van der Waals surface area contributed by atoms with Gasteiger partial charge < -0.3 is 15.2 Å². The second-order valence-corrected chi connectivity index (χ2v) is 5.55. The molecular weight excluding hydrogens is 322 g/mol. The Hall–Kier alpha value is -2.07. The van der Waals surface area contributed by atoms with E-state index in [1.54, 1.807) is 0 Å². The van der Waals surface area contributed by atoms with Crippen LogP contribution in [-0.2, 0) is 0 Å². The van der Waals surface area contributed by atoms with Crippen molar-refractivity contribution in [1.29, 1.82) is 0 Å². The van der Waals surface area contributed by atoms with E-state index in [4.69, 9.17) is 4.74 Å². The number of hydrogen-bond donors (Lipinski definition) is 2. The van der Waals surface area contributed by atoms with Gasteiger partial charge in [-0.2, -0.15) is 0 Å². The number of halogens is 1. The Bertz CT molecular complexity index is 758. The third-order valence-corrected chi connectivity index (χ3v) is 3.89. The summed E-state index contributed by atoms with van der Waals surface area (Å²) in [5, 5.41) is 15.7. The highest BCUT2D eigenvalue weighted by molar-refractivity contribution is 5.88. The maximum atomic E-state index is 10.5. The molecule has 0 spiro atoms. The number of hydrogen-bond acceptors (Lipinski definition) is 3. The molecule has 0 amide bonds. The molecule has 3 aromatic rings. The first-order chi connectivity index (χ1) is 11.3. The van der Waals surface area contributed by atoms with Crippen LogP contribution in [0.5, 0.6) is 5.75 Å². The number of rotatable bonds is 6. The van der Waals surface area contributed by atoms with Gasteiger partial charge in [0, 0.05) is 11.9 Å². The lowest BCUT2D eigenvalue weighted by Crippen LogP contribution is -2.32. The van der Waals surface area contributed by atoms with Gasteiger partial charge in [0.05, 0.1) is 0 Å². The van der Waals surface area contributed by atoms with E-state index in [9.17, 15) is 5.11 Å². The highest BCUT2D eigenvalue weighted by Gasteiger charge is 2.23. The van der Waals surface area contributed by atoms with Gasteiger partial charge in [-0.3, -0.25) is 0 Å². The van der Waals surface area contributed by atoms with Gasteiger partial charge in [-0.25, -0.2) is 0 Å². The average Bonchev–Trinajstić information content (AvgIpc) is 2.60. The van der Waals surface area contributed by atoms with Gasteiger partial charge in [0.25, 0.3) is 0 Å². The van der Waals surface area contributed by atoms with Crippen molar-refractivity contribution in [3.8, 4) is 5.75 Å². The third kappa shape index (κ3) is 4.06. The number of likely N-dealkylation sites (N-methyl/N-ethyl adjacent to an activating group) is 1. The van der Waals surface area contributed by atoms with E-state index in [0.717, 1.165) is 22.1 Å². The molecule has 2 N–H and O–H groups in total. The molecule has 24 heavy (non-hydrogen) atoms. The van der Waals surface area contributed by atoms with Crippen LogP contribution in [0.25, 0.3) is 10.8 Å². The Morgan fingerprint density at radius 3 is 2.33 bits per heavy atom. The predicted octanol–water partition coefficient (Wildman–Crippen LogP) is 3.96. The molecule has 0 aromatic heterocycles. The van der Waals surface area contributed by atoms with Gasteiger partial charge in [-0.1, -0.05) is 66.7 Å². The summed E-state index contributed by atoms with van der Waals surface area (Å²) in [6.07, 6.45) is -1.06. The Labute approximate surface area is 148 Å². The van der Waals surface area contributed by atoms with Gasteiger partial charge in [0.1, 0.15) is 11.9 Å². The zero-order valence-corrected chi connectivity index (χ0v) is 14.4. The molecule has 0 bridgehead atoms. The summed E-state index contributed by atoms with van der Waals surface area (Å²) in [7, 11) is 1.82. The van der Waals surface area contributed by atoms with E-state index in [1.165, 1.54) is 0 Å². The van der Waals surface area contributed by atoms with Crippen LogP contribution in [0.15, 0.2) is 72.8 Å². The zero-order chi connectivity index (χ0) is 16.1. The molecule has 0 aliphatic carbocycles. The number of aliphatic hydroxyl groups excluding tert-OH is 1. The lowest BCUT2D eigenvalue weighted by Gasteiger charge is -2.25. The van der Waals surface area contributed by atoms with E-state index in [2.05, 4.69) is 17.4 Å². The van der Waals surface area contributed by atoms with Crippen LogP contribution in [0.2, 0.25) is 0 Å². The SMILES string of the molecule is CNC[C@@H](O)[C@@H](Oc1cccc2ccccc12)c1ccccc1.Cl. The monoisotopic (exact) mass is 343 g/mol. The highest BCUT2D eigenvalue weighted by Crippen LogP contribution is 2.31. The number of aliphatic hydroxyl groups is 1. The Morgan fingerprint density at radius 2 is 1.58 bits per heavy atom. The first kappa shape index (κ1) is 18.3. The second-order valence-electron chi connectivity index (χ2n) is 5.55. The maximum Gasteiger partial charge on any atom is 0.151 e. The maximum absolute atomic E-state index is 10.5. The van der Waals surface area contributed by atoms with Crippen molar-refractivity contribution in [1.82, 2.24) is 5.32 Å². The fraction of sp³-hybridized carbons (Fsp3) is 0.200. The van der Waals surface area contributed by atoms with Crippen molar-refractivity contribution in [2.45, 2.75) is 12.2 Å². The summed E-state index contributed by atoms with van der Waals surface area (Å²) < 4.78 is 6.24. The molecule has 0 fully saturated rings. The van der Waals surface area contributed by atoms with Gasteiger partial charge in [-0.05, 0) is 24.1 Å². The van der Waals surface area contributed by atoms with E-state index < -0.39 is 12.2 Å². The standard InChI is InChI=1S/C20H21NO2.ClH/c1-21-14-18(22)20(16-9-3-2-4-10-16)23-19-13-7-11-15-8-5-6-12-17(15)19;/h2-13,18,20-22H,14H2,1H3;1H/t18-,20+;/m1./s1. The number of nitrogens with one attached hydrogen (secondary N) is 1. The molecule has 0 saturated carbocycles. The molecule has 0 saturated heterocycles. The molecule has 4 heteroatoms. The molecule has 0 heterocycles. The highest BCUT2D eigenvalue weighted by atomic mass is 35.5. The van der Waals surface area contributed by atoms with Crippen molar-refractivity contribution >= 4 is 23.2 Å². The number of fused-ring (bicyclic) bond motifs is 1. The van der Waals surface area contributed by atoms with Crippen LogP contribution in [0.4, 0.5) is 0 Å². The fourth-order valence-corrected chi connectivity index (χ4v) is 2.76. The van der Waals surface area contributed by atoms with Gasteiger partial charge in [-0.15, -0.1) is 12.4 Å². The Morgan fingerprint density at radius 1 is 0.917 bits per heavy atom. The van der Waals surface area contributed by atoms with E-state index in [0.29, 0.717) is 6.54 Å². The molecule has 0 radical (unpaired) electrons. The van der Waals surface area contributed by atoms with Crippen molar-refractivity contribution in [2.24, 2.45) is 0 Å². The summed E-state index contributed by atoms with van der Waals surface area (Å²) in [6.45, 7) is 0.463. The average molecular weight is 344 g/mol. The van der Waals surface area contributed by atoms with Crippen LogP contribution >= 0.6 is 12.4 Å². The molecule has 2 atom stereocenters. The summed E-state index contributed by atoms with van der Waals surface area (Å²) in [4.78, 5) is 0. The molecule has 0 unspecified atom stereocenters.